The van der Waals surface area contributed by atoms with E-state index in [9.17, 15) is 18.0 Å². The Balaban J connectivity index is 2.19. The van der Waals surface area contributed by atoms with E-state index >= 15 is 0 Å². The van der Waals surface area contributed by atoms with Gasteiger partial charge in [0.25, 0.3) is 0 Å². The summed E-state index contributed by atoms with van der Waals surface area (Å²) < 4.78 is 45.6. The van der Waals surface area contributed by atoms with Gasteiger partial charge < -0.3 is 10.1 Å². The van der Waals surface area contributed by atoms with Gasteiger partial charge in [0.15, 0.2) is 0 Å². The van der Waals surface area contributed by atoms with Crippen LogP contribution in [0.15, 0.2) is 42.5 Å². The first-order chi connectivity index (χ1) is 13.4. The number of carbonyl (C=O) groups excluding carboxylic acids is 1. The maximum absolute atomic E-state index is 13.4. The van der Waals surface area contributed by atoms with Gasteiger partial charge in [-0.1, -0.05) is 51.4 Å². The molecular weight excluding hydrogens is 403 g/mol. The largest absolute Gasteiger partial charge is 0.493 e. The highest BCUT2D eigenvalue weighted by Gasteiger charge is 2.35. The van der Waals surface area contributed by atoms with E-state index in [1.165, 1.54) is 12.1 Å². The van der Waals surface area contributed by atoms with Crippen LogP contribution in [0.1, 0.15) is 38.8 Å². The maximum Gasteiger partial charge on any atom is 0.420 e. The van der Waals surface area contributed by atoms with Crippen molar-refractivity contribution in [3.05, 3.63) is 58.6 Å². The van der Waals surface area contributed by atoms with Crippen molar-refractivity contribution in [3.63, 3.8) is 0 Å². The lowest BCUT2D eigenvalue weighted by Crippen LogP contribution is -2.32. The number of amides is 1. The Morgan fingerprint density at radius 1 is 1.10 bits per heavy atom. The Kier molecular flexibility index (Phi) is 7.22. The second kappa shape index (κ2) is 9.08. The van der Waals surface area contributed by atoms with Gasteiger partial charge in [-0.25, -0.2) is 0 Å². The van der Waals surface area contributed by atoms with Crippen molar-refractivity contribution in [3.8, 4) is 5.75 Å². The number of anilines is 1. The van der Waals surface area contributed by atoms with Crippen LogP contribution < -0.4 is 10.1 Å². The van der Waals surface area contributed by atoms with Crippen LogP contribution in [0.3, 0.4) is 0 Å². The lowest BCUT2D eigenvalue weighted by molar-refractivity contribution is -0.139. The molecule has 0 radical (unpaired) electrons. The van der Waals surface area contributed by atoms with Crippen molar-refractivity contribution in [2.45, 2.75) is 40.3 Å². The molecule has 0 aliphatic heterocycles. The summed E-state index contributed by atoms with van der Waals surface area (Å²) in [5.74, 6) is -0.537. The molecule has 0 unspecified atom stereocenters. The first kappa shape index (κ1) is 23.1. The van der Waals surface area contributed by atoms with E-state index in [-0.39, 0.29) is 29.9 Å². The lowest BCUT2D eigenvalue weighted by Gasteiger charge is -2.24. The normalized spacial score (nSPS) is 12.2. The third-order valence-corrected chi connectivity index (χ3v) is 4.54. The summed E-state index contributed by atoms with van der Waals surface area (Å²) in [5, 5.41) is 3.19. The van der Waals surface area contributed by atoms with Gasteiger partial charge in [0.2, 0.25) is 5.91 Å². The maximum atomic E-state index is 13.4. The second-order valence-electron chi connectivity index (χ2n) is 8.05. The number of hydrogen-bond donors (Lipinski definition) is 1. The van der Waals surface area contributed by atoms with Crippen LogP contribution in [-0.2, 0) is 17.4 Å². The van der Waals surface area contributed by atoms with Gasteiger partial charge in [-0.15, -0.1) is 0 Å². The quantitative estimate of drug-likeness (QED) is 0.540. The van der Waals surface area contributed by atoms with Crippen molar-refractivity contribution in [1.29, 1.82) is 0 Å². The van der Waals surface area contributed by atoms with Crippen molar-refractivity contribution in [1.82, 2.24) is 0 Å². The molecule has 7 heteroatoms. The van der Waals surface area contributed by atoms with E-state index in [1.54, 1.807) is 26.0 Å². The third kappa shape index (κ3) is 6.67. The van der Waals surface area contributed by atoms with E-state index in [0.29, 0.717) is 11.4 Å². The van der Waals surface area contributed by atoms with Gasteiger partial charge in [0.1, 0.15) is 5.75 Å². The summed E-state index contributed by atoms with van der Waals surface area (Å²) in [5.41, 5.74) is -0.767. The molecule has 0 aromatic heterocycles. The van der Waals surface area contributed by atoms with Crippen LogP contribution in [0.25, 0.3) is 0 Å². The highest BCUT2D eigenvalue weighted by molar-refractivity contribution is 6.30. The zero-order valence-corrected chi connectivity index (χ0v) is 17.6. The smallest absolute Gasteiger partial charge is 0.420 e. The van der Waals surface area contributed by atoms with E-state index in [1.807, 2.05) is 26.0 Å². The van der Waals surface area contributed by atoms with Gasteiger partial charge in [0, 0.05) is 16.1 Å². The molecule has 1 N–H and O–H groups in total. The van der Waals surface area contributed by atoms with Gasteiger partial charge >= 0.3 is 6.18 Å². The molecule has 0 fully saturated rings. The minimum absolute atomic E-state index is 0.0726. The van der Waals surface area contributed by atoms with E-state index < -0.39 is 17.2 Å². The molecule has 0 aliphatic rings. The molecule has 1 amide bonds. The third-order valence-electron chi connectivity index (χ3n) is 4.29. The van der Waals surface area contributed by atoms with Crippen molar-refractivity contribution in [2.24, 2.45) is 11.3 Å². The molecule has 158 valence electrons. The summed E-state index contributed by atoms with van der Waals surface area (Å²) >= 11 is 5.88. The summed E-state index contributed by atoms with van der Waals surface area (Å²) in [6.45, 7) is 7.35. The summed E-state index contributed by atoms with van der Waals surface area (Å²) in [6, 6.07) is 10.7. The van der Waals surface area contributed by atoms with E-state index in [2.05, 4.69) is 5.32 Å². The Bertz CT molecular complexity index is 846. The Morgan fingerprint density at radius 3 is 2.28 bits per heavy atom. The van der Waals surface area contributed by atoms with Gasteiger partial charge in [-0.2, -0.15) is 13.2 Å². The second-order valence-corrected chi connectivity index (χ2v) is 8.49. The Hall–Kier alpha value is -2.21. The number of nitrogens with one attached hydrogen (secondary N) is 1. The zero-order valence-electron chi connectivity index (χ0n) is 16.9. The summed E-state index contributed by atoms with van der Waals surface area (Å²) in [7, 11) is 0. The van der Waals surface area contributed by atoms with Crippen LogP contribution in [-0.4, -0.2) is 12.5 Å². The topological polar surface area (TPSA) is 38.3 Å². The fraction of sp³-hybridized carbons (Fsp3) is 0.409. The van der Waals surface area contributed by atoms with Crippen LogP contribution >= 0.6 is 11.6 Å². The van der Waals surface area contributed by atoms with Crippen molar-refractivity contribution < 1.29 is 22.7 Å². The number of halogens is 4. The fourth-order valence-corrected chi connectivity index (χ4v) is 2.83. The van der Waals surface area contributed by atoms with Crippen LogP contribution in [0.2, 0.25) is 5.02 Å². The van der Waals surface area contributed by atoms with Crippen LogP contribution in [0.4, 0.5) is 18.9 Å². The highest BCUT2D eigenvalue weighted by atomic mass is 35.5. The first-order valence-electron chi connectivity index (χ1n) is 9.28. The molecule has 0 spiro atoms. The van der Waals surface area contributed by atoms with Crippen molar-refractivity contribution >= 4 is 23.2 Å². The molecule has 2 aromatic rings. The van der Waals surface area contributed by atoms with Crippen molar-refractivity contribution in [2.75, 3.05) is 11.9 Å². The molecule has 0 aliphatic carbocycles. The van der Waals surface area contributed by atoms with E-state index in [0.717, 1.165) is 11.6 Å². The number of carbonyl (C=O) groups is 1. The number of benzene rings is 2. The van der Waals surface area contributed by atoms with E-state index in [4.69, 9.17) is 16.3 Å². The SMILES string of the molecule is CC(C)COc1ccc(NC(=O)C(C)(C)Cc2ccc(Cl)cc2)cc1C(F)(F)F. The average Bonchev–Trinajstić information content (AvgIpc) is 2.61. The monoisotopic (exact) mass is 427 g/mol. The molecule has 2 rings (SSSR count). The summed E-state index contributed by atoms with van der Waals surface area (Å²) in [6.07, 6.45) is -4.18. The molecule has 29 heavy (non-hydrogen) atoms. The predicted molar refractivity (Wildman–Crippen MR) is 109 cm³/mol. The average molecular weight is 428 g/mol. The molecule has 3 nitrogen and oxygen atoms in total. The van der Waals surface area contributed by atoms with Crippen LogP contribution in [0, 0.1) is 11.3 Å². The molecule has 0 saturated carbocycles. The molecular formula is C22H25ClF3NO2. The van der Waals surface area contributed by atoms with Gasteiger partial charge in [0.05, 0.1) is 12.2 Å². The number of alkyl halides is 3. The molecule has 0 heterocycles. The number of ether oxygens (including phenoxy) is 1. The Labute approximate surface area is 174 Å². The molecule has 0 bridgehead atoms. The lowest BCUT2D eigenvalue weighted by atomic mass is 9.84. The molecule has 0 saturated heterocycles. The zero-order chi connectivity index (χ0) is 21.8. The van der Waals surface area contributed by atoms with Crippen LogP contribution in [0.5, 0.6) is 5.75 Å². The molecule has 2 aromatic carbocycles. The number of rotatable bonds is 7. The fourth-order valence-electron chi connectivity index (χ4n) is 2.70. The predicted octanol–water partition coefficient (Wildman–Crippen LogP) is 6.60. The highest BCUT2D eigenvalue weighted by Crippen LogP contribution is 2.38. The summed E-state index contributed by atoms with van der Waals surface area (Å²) in [4.78, 5) is 12.7. The first-order valence-corrected chi connectivity index (χ1v) is 9.66. The number of hydrogen-bond acceptors (Lipinski definition) is 2. The standard InChI is InChI=1S/C22H25ClF3NO2/c1-14(2)13-29-19-10-9-17(11-18(19)22(24,25)26)27-20(28)21(3,4)12-15-5-7-16(23)8-6-15/h5-11,14H,12-13H2,1-4H3,(H,27,28). The molecule has 0 atom stereocenters. The van der Waals surface area contributed by atoms with Gasteiger partial charge in [-0.3, -0.25) is 4.79 Å². The minimum atomic E-state index is -4.59. The Morgan fingerprint density at radius 2 is 1.72 bits per heavy atom. The minimum Gasteiger partial charge on any atom is -0.493 e. The van der Waals surface area contributed by atoms with Gasteiger partial charge in [-0.05, 0) is 48.2 Å².